The van der Waals surface area contributed by atoms with Crippen molar-refractivity contribution in [2.24, 2.45) is 35.3 Å². The highest BCUT2D eigenvalue weighted by molar-refractivity contribution is 5.84. The van der Waals surface area contributed by atoms with Gasteiger partial charge in [0.15, 0.2) is 11.9 Å². The minimum Gasteiger partial charge on any atom is -0.462 e. The Morgan fingerprint density at radius 2 is 1.55 bits per heavy atom. The lowest BCUT2D eigenvalue weighted by Crippen LogP contribution is -2.69. The van der Waals surface area contributed by atoms with Gasteiger partial charge >= 0.3 is 11.9 Å². The summed E-state index contributed by atoms with van der Waals surface area (Å²) in [7, 11) is 1.53. The van der Waals surface area contributed by atoms with E-state index < -0.39 is 78.0 Å². The van der Waals surface area contributed by atoms with Gasteiger partial charge in [-0.25, -0.2) is 0 Å². The number of hydrogen-bond donors (Lipinski definition) is 2. The van der Waals surface area contributed by atoms with Gasteiger partial charge < -0.3 is 44.0 Å². The number of aliphatic hydroxyl groups is 1. The second-order valence-electron chi connectivity index (χ2n) is 14.1. The molecule has 4 unspecified atom stereocenters. The third-order valence-electron chi connectivity index (χ3n) is 10.5. The van der Waals surface area contributed by atoms with E-state index in [1.54, 1.807) is 6.92 Å². The van der Waals surface area contributed by atoms with Gasteiger partial charge in [-0.1, -0.05) is 88.4 Å². The Morgan fingerprint density at radius 1 is 0.941 bits per heavy atom. The van der Waals surface area contributed by atoms with Crippen LogP contribution in [0.1, 0.15) is 59.1 Å². The van der Waals surface area contributed by atoms with E-state index in [1.165, 1.54) is 21.0 Å². The quantitative estimate of drug-likeness (QED) is 0.240. The fourth-order valence-electron chi connectivity index (χ4n) is 7.52. The van der Waals surface area contributed by atoms with Crippen LogP contribution in [0, 0.1) is 29.6 Å². The summed E-state index contributed by atoms with van der Waals surface area (Å²) < 4.78 is 42.6. The third-order valence-corrected chi connectivity index (χ3v) is 10.5. The number of carbonyl (C=O) groups is 3. The van der Waals surface area contributed by atoms with Gasteiger partial charge in [-0.3, -0.25) is 14.4 Å². The number of nitrogens with two attached hydrogens (primary N) is 1. The van der Waals surface area contributed by atoms with Crippen molar-refractivity contribution in [2.75, 3.05) is 20.3 Å². The van der Waals surface area contributed by atoms with Crippen LogP contribution in [0.4, 0.5) is 0 Å². The molecule has 51 heavy (non-hydrogen) atoms. The summed E-state index contributed by atoms with van der Waals surface area (Å²) in [5.41, 5.74) is 6.26. The maximum absolute atomic E-state index is 13.8. The van der Waals surface area contributed by atoms with Crippen molar-refractivity contribution in [1.82, 2.24) is 0 Å². The summed E-state index contributed by atoms with van der Waals surface area (Å²) in [6.45, 7) is 10.6. The molecule has 0 aromatic heterocycles. The lowest BCUT2D eigenvalue weighted by molar-refractivity contribution is -0.306. The molecule has 2 saturated heterocycles. The zero-order valence-electron chi connectivity index (χ0n) is 30.8. The molecule has 4 rings (SSSR count). The van der Waals surface area contributed by atoms with Crippen molar-refractivity contribution in [1.29, 1.82) is 0 Å². The van der Waals surface area contributed by atoms with Crippen LogP contribution in [0.3, 0.4) is 0 Å². The summed E-state index contributed by atoms with van der Waals surface area (Å²) >= 11 is 0. The molecule has 0 bridgehead atoms. The Bertz CT molecular complexity index is 1410. The molecule has 2 heterocycles. The number of amides is 1. The number of aliphatic hydroxyl groups excluding tert-OH is 1. The van der Waals surface area contributed by atoms with Gasteiger partial charge in [-0.15, -0.1) is 0 Å². The summed E-state index contributed by atoms with van der Waals surface area (Å²) in [4.78, 5) is 37.5. The minimum atomic E-state index is -1.87. The van der Waals surface area contributed by atoms with Crippen LogP contribution in [0.15, 0.2) is 60.7 Å². The number of primary amides is 1. The predicted octanol–water partition coefficient (Wildman–Crippen LogP) is 4.19. The van der Waals surface area contributed by atoms with E-state index in [-0.39, 0.29) is 38.1 Å². The van der Waals surface area contributed by atoms with Crippen molar-refractivity contribution in [3.8, 4) is 0 Å². The van der Waals surface area contributed by atoms with E-state index >= 15 is 0 Å². The highest BCUT2D eigenvalue weighted by Gasteiger charge is 2.60. The van der Waals surface area contributed by atoms with Crippen LogP contribution in [0.5, 0.6) is 0 Å². The van der Waals surface area contributed by atoms with Crippen LogP contribution in [0.2, 0.25) is 0 Å². The zero-order valence-corrected chi connectivity index (χ0v) is 30.8. The minimum absolute atomic E-state index is 0.113. The Kier molecular flexibility index (Phi) is 14.6. The fraction of sp³-hybridized carbons (Fsp3) is 0.615. The van der Waals surface area contributed by atoms with E-state index in [4.69, 9.17) is 38.9 Å². The average molecular weight is 714 g/mol. The lowest BCUT2D eigenvalue weighted by atomic mass is 9.66. The molecule has 12 heteroatoms. The summed E-state index contributed by atoms with van der Waals surface area (Å²) in [6.07, 6.45) is -5.20. The molecule has 0 saturated carbocycles. The lowest BCUT2D eigenvalue weighted by Gasteiger charge is -2.54. The second-order valence-corrected chi connectivity index (χ2v) is 14.1. The van der Waals surface area contributed by atoms with Crippen LogP contribution in [-0.2, 0) is 60.8 Å². The standard InChI is InChI=1S/C39H55NO11/c1-23-18-39(38(40)44,51-34(24(23)2)25(3)31(49-28(6)42)22-47-27(5)41)36(43)33-26(4)37(45-7)50-32(21-46-19-29-14-10-8-11-15-29)35(33)48-20-30-16-12-9-13-17-30/h8-17,23-26,31-37,43H,18-22H2,1-7H3,(H2,40,44)/t23-,24-,25-,26?,31-,32?,33-,34?,35+,36?,37-,39+/m1/s1. The van der Waals surface area contributed by atoms with Crippen LogP contribution in [-0.4, -0.2) is 85.7 Å². The summed E-state index contributed by atoms with van der Waals surface area (Å²) in [5, 5.41) is 12.6. The number of rotatable bonds is 16. The van der Waals surface area contributed by atoms with E-state index in [1.807, 2.05) is 81.4 Å². The van der Waals surface area contributed by atoms with Gasteiger partial charge in [0.1, 0.15) is 18.8 Å². The SMILES string of the molecule is CO[C@@H]1OC(COCc2ccccc2)[C@H](OCc2ccccc2)[C@H](C(O)[C@]2(C(N)=O)C[C@@H](C)[C@@H](C)C([C@H](C)[C@@H](COC(C)=O)OC(C)=O)O2)C1C. The smallest absolute Gasteiger partial charge is 0.303 e. The monoisotopic (exact) mass is 713 g/mol. The van der Waals surface area contributed by atoms with Crippen LogP contribution in [0.25, 0.3) is 0 Å². The first-order chi connectivity index (χ1) is 24.3. The van der Waals surface area contributed by atoms with Crippen molar-refractivity contribution < 1.29 is 52.6 Å². The maximum Gasteiger partial charge on any atom is 0.303 e. The number of hydrogen-bond acceptors (Lipinski definition) is 11. The molecule has 2 aromatic rings. The van der Waals surface area contributed by atoms with E-state index in [9.17, 15) is 19.5 Å². The van der Waals surface area contributed by atoms with Crippen molar-refractivity contribution in [3.05, 3.63) is 71.8 Å². The van der Waals surface area contributed by atoms with Crippen molar-refractivity contribution >= 4 is 17.8 Å². The van der Waals surface area contributed by atoms with Crippen molar-refractivity contribution in [2.45, 2.75) is 104 Å². The first kappa shape index (κ1) is 40.4. The van der Waals surface area contributed by atoms with Crippen molar-refractivity contribution in [3.63, 3.8) is 0 Å². The molecule has 2 aromatic carbocycles. The Labute approximate surface area is 301 Å². The molecule has 2 aliphatic rings. The average Bonchev–Trinajstić information content (AvgIpc) is 3.10. The Balaban J connectivity index is 1.71. The molecule has 2 fully saturated rings. The van der Waals surface area contributed by atoms with Crippen LogP contribution >= 0.6 is 0 Å². The van der Waals surface area contributed by atoms with Gasteiger partial charge in [0, 0.05) is 38.7 Å². The number of carbonyl (C=O) groups excluding carboxylic acids is 3. The predicted molar refractivity (Wildman–Crippen MR) is 187 cm³/mol. The molecule has 12 atom stereocenters. The Hall–Kier alpha value is -3.39. The largest absolute Gasteiger partial charge is 0.462 e. The highest BCUT2D eigenvalue weighted by atomic mass is 16.7. The number of benzene rings is 2. The fourth-order valence-corrected chi connectivity index (χ4v) is 7.52. The topological polar surface area (TPSA) is 162 Å². The first-order valence-electron chi connectivity index (χ1n) is 17.7. The van der Waals surface area contributed by atoms with E-state index in [0.29, 0.717) is 6.61 Å². The molecular weight excluding hydrogens is 658 g/mol. The molecule has 3 N–H and O–H groups in total. The van der Waals surface area contributed by atoms with Gasteiger partial charge in [-0.2, -0.15) is 0 Å². The van der Waals surface area contributed by atoms with E-state index in [2.05, 4.69) is 0 Å². The molecule has 1 amide bonds. The molecule has 12 nitrogen and oxygen atoms in total. The molecule has 0 aliphatic carbocycles. The van der Waals surface area contributed by atoms with Gasteiger partial charge in [0.25, 0.3) is 5.91 Å². The van der Waals surface area contributed by atoms with Gasteiger partial charge in [0.05, 0.1) is 38.1 Å². The summed E-state index contributed by atoms with van der Waals surface area (Å²) in [5.74, 6) is -4.05. The van der Waals surface area contributed by atoms with Gasteiger partial charge in [-0.05, 0) is 29.4 Å². The number of ether oxygens (including phenoxy) is 7. The second kappa shape index (κ2) is 18.4. The zero-order chi connectivity index (χ0) is 37.3. The number of esters is 2. The van der Waals surface area contributed by atoms with Crippen LogP contribution < -0.4 is 5.73 Å². The molecule has 0 radical (unpaired) electrons. The van der Waals surface area contributed by atoms with Gasteiger partial charge in [0.2, 0.25) is 0 Å². The Morgan fingerprint density at radius 3 is 2.10 bits per heavy atom. The summed E-state index contributed by atoms with van der Waals surface area (Å²) in [6, 6.07) is 19.4. The number of methoxy groups -OCH3 is 1. The first-order valence-corrected chi connectivity index (χ1v) is 17.7. The van der Waals surface area contributed by atoms with E-state index in [0.717, 1.165) is 11.1 Å². The normalized spacial score (nSPS) is 31.2. The molecule has 2 aliphatic heterocycles. The molecule has 0 spiro atoms. The maximum atomic E-state index is 13.8. The highest BCUT2D eigenvalue weighted by Crippen LogP contribution is 2.47. The molecule has 282 valence electrons. The molecular formula is C39H55NO11. The third kappa shape index (κ3) is 9.94.